The molecule has 1 unspecified atom stereocenters. The van der Waals surface area contributed by atoms with Crippen molar-refractivity contribution in [3.8, 4) is 0 Å². The first-order chi connectivity index (χ1) is 6.83. The van der Waals surface area contributed by atoms with Gasteiger partial charge in [-0.15, -0.1) is 11.8 Å². The van der Waals surface area contributed by atoms with Crippen molar-refractivity contribution in [1.82, 2.24) is 0 Å². The minimum absolute atomic E-state index is 0.214. The highest BCUT2D eigenvalue weighted by Crippen LogP contribution is 2.19. The molecule has 1 aromatic carbocycles. The summed E-state index contributed by atoms with van der Waals surface area (Å²) >= 11 is 1.86. The van der Waals surface area contributed by atoms with Crippen LogP contribution in [-0.2, 0) is 4.79 Å². The van der Waals surface area contributed by atoms with E-state index in [1.165, 1.54) is 4.90 Å². The van der Waals surface area contributed by atoms with E-state index in [4.69, 9.17) is 0 Å². The molecule has 76 valence electrons. The summed E-state index contributed by atoms with van der Waals surface area (Å²) in [4.78, 5) is 11.7. The molecule has 0 aliphatic carbocycles. The number of benzene rings is 1. The van der Waals surface area contributed by atoms with Gasteiger partial charge in [-0.1, -0.05) is 25.1 Å². The Hall–Kier alpha value is -0.760. The zero-order chi connectivity index (χ0) is 10.2. The third-order valence-electron chi connectivity index (χ3n) is 2.05. The molecule has 1 atom stereocenters. The van der Waals surface area contributed by atoms with Crippen molar-refractivity contribution in [1.29, 1.82) is 0 Å². The van der Waals surface area contributed by atoms with Gasteiger partial charge in [0, 0.05) is 10.8 Å². The van der Waals surface area contributed by atoms with Crippen molar-refractivity contribution in [2.45, 2.75) is 24.7 Å². The van der Waals surface area contributed by atoms with Crippen LogP contribution in [0.2, 0.25) is 0 Å². The van der Waals surface area contributed by atoms with Crippen LogP contribution < -0.4 is 0 Å². The van der Waals surface area contributed by atoms with E-state index >= 15 is 0 Å². The number of carbonyl (C=O) groups excluding carboxylic acids is 1. The Bertz CT molecular complexity index is 258. The molecule has 1 rings (SSSR count). The van der Waals surface area contributed by atoms with Crippen LogP contribution >= 0.6 is 11.8 Å². The highest BCUT2D eigenvalue weighted by molar-refractivity contribution is 7.99. The van der Waals surface area contributed by atoms with Crippen LogP contribution in [0.15, 0.2) is 35.2 Å². The SMILES string of the molecule is CC(C=O)CCCSc1ccccc1. The van der Waals surface area contributed by atoms with Crippen LogP contribution in [-0.4, -0.2) is 12.0 Å². The van der Waals surface area contributed by atoms with Gasteiger partial charge in [0.1, 0.15) is 6.29 Å². The van der Waals surface area contributed by atoms with Gasteiger partial charge >= 0.3 is 0 Å². The second-order valence-corrected chi connectivity index (χ2v) is 4.59. The molecule has 0 amide bonds. The van der Waals surface area contributed by atoms with Crippen LogP contribution in [0, 0.1) is 5.92 Å². The van der Waals surface area contributed by atoms with Gasteiger partial charge in [-0.3, -0.25) is 0 Å². The molecule has 0 N–H and O–H groups in total. The van der Waals surface area contributed by atoms with Gasteiger partial charge in [-0.2, -0.15) is 0 Å². The highest BCUT2D eigenvalue weighted by Gasteiger charge is 1.99. The van der Waals surface area contributed by atoms with Crippen molar-refractivity contribution in [2.75, 3.05) is 5.75 Å². The van der Waals surface area contributed by atoms with Gasteiger partial charge in [0.25, 0.3) is 0 Å². The number of carbonyl (C=O) groups is 1. The lowest BCUT2D eigenvalue weighted by Crippen LogP contribution is -1.95. The third-order valence-corrected chi connectivity index (χ3v) is 3.15. The summed E-state index contributed by atoms with van der Waals surface area (Å²) < 4.78 is 0. The van der Waals surface area contributed by atoms with E-state index in [-0.39, 0.29) is 5.92 Å². The summed E-state index contributed by atoms with van der Waals surface area (Å²) in [6, 6.07) is 10.4. The van der Waals surface area contributed by atoms with Crippen molar-refractivity contribution in [3.63, 3.8) is 0 Å². The average molecular weight is 208 g/mol. The zero-order valence-electron chi connectivity index (χ0n) is 8.48. The van der Waals surface area contributed by atoms with Crippen LogP contribution in [0.4, 0.5) is 0 Å². The normalized spacial score (nSPS) is 12.4. The Labute approximate surface area is 89.9 Å². The van der Waals surface area contributed by atoms with Crippen molar-refractivity contribution < 1.29 is 4.79 Å². The summed E-state index contributed by atoms with van der Waals surface area (Å²) in [7, 11) is 0. The third kappa shape index (κ3) is 4.47. The molecule has 0 radical (unpaired) electrons. The van der Waals surface area contributed by atoms with Gasteiger partial charge in [0.2, 0.25) is 0 Å². The lowest BCUT2D eigenvalue weighted by atomic mass is 10.1. The molecule has 0 spiro atoms. The largest absolute Gasteiger partial charge is 0.303 e. The van der Waals surface area contributed by atoms with E-state index in [0.717, 1.165) is 24.9 Å². The number of hydrogen-bond donors (Lipinski definition) is 0. The first-order valence-corrected chi connectivity index (χ1v) is 5.94. The topological polar surface area (TPSA) is 17.1 Å². The van der Waals surface area contributed by atoms with Gasteiger partial charge in [0.15, 0.2) is 0 Å². The van der Waals surface area contributed by atoms with E-state index in [1.54, 1.807) is 0 Å². The monoisotopic (exact) mass is 208 g/mol. The number of thioether (sulfide) groups is 1. The molecular weight excluding hydrogens is 192 g/mol. The fraction of sp³-hybridized carbons (Fsp3) is 0.417. The molecule has 2 heteroatoms. The molecule has 0 fully saturated rings. The average Bonchev–Trinajstić information content (AvgIpc) is 2.25. The Morgan fingerprint density at radius 2 is 2.07 bits per heavy atom. The lowest BCUT2D eigenvalue weighted by molar-refractivity contribution is -0.110. The first kappa shape index (κ1) is 11.3. The molecule has 0 aromatic heterocycles. The van der Waals surface area contributed by atoms with Crippen LogP contribution in [0.25, 0.3) is 0 Å². The molecule has 0 saturated carbocycles. The number of rotatable bonds is 6. The van der Waals surface area contributed by atoms with Crippen LogP contribution in [0.1, 0.15) is 19.8 Å². The number of aldehydes is 1. The smallest absolute Gasteiger partial charge is 0.122 e. The Morgan fingerprint density at radius 3 is 2.71 bits per heavy atom. The summed E-state index contributed by atoms with van der Waals surface area (Å²) in [5.41, 5.74) is 0. The Balaban J connectivity index is 2.13. The predicted octanol–water partition coefficient (Wildman–Crippen LogP) is 3.39. The fourth-order valence-corrected chi connectivity index (χ4v) is 2.08. The maximum Gasteiger partial charge on any atom is 0.122 e. The van der Waals surface area contributed by atoms with Gasteiger partial charge in [-0.25, -0.2) is 0 Å². The Kier molecular flexibility index (Phi) is 5.38. The summed E-state index contributed by atoms with van der Waals surface area (Å²) in [6.45, 7) is 1.97. The second-order valence-electron chi connectivity index (χ2n) is 3.42. The quantitative estimate of drug-likeness (QED) is 0.405. The zero-order valence-corrected chi connectivity index (χ0v) is 9.30. The van der Waals surface area contributed by atoms with E-state index in [0.29, 0.717) is 0 Å². The Morgan fingerprint density at radius 1 is 1.36 bits per heavy atom. The van der Waals surface area contributed by atoms with Gasteiger partial charge < -0.3 is 4.79 Å². The van der Waals surface area contributed by atoms with Crippen LogP contribution in [0.5, 0.6) is 0 Å². The maximum atomic E-state index is 10.4. The van der Waals surface area contributed by atoms with Crippen molar-refractivity contribution in [3.05, 3.63) is 30.3 Å². The van der Waals surface area contributed by atoms with Crippen LogP contribution in [0.3, 0.4) is 0 Å². The minimum Gasteiger partial charge on any atom is -0.303 e. The predicted molar refractivity (Wildman–Crippen MR) is 61.6 cm³/mol. The molecule has 0 aliphatic heterocycles. The molecule has 0 bridgehead atoms. The minimum atomic E-state index is 0.214. The molecule has 14 heavy (non-hydrogen) atoms. The molecule has 1 aromatic rings. The van der Waals surface area contributed by atoms with E-state index in [2.05, 4.69) is 24.3 Å². The first-order valence-electron chi connectivity index (χ1n) is 4.96. The maximum absolute atomic E-state index is 10.4. The van der Waals surface area contributed by atoms with Gasteiger partial charge in [0.05, 0.1) is 0 Å². The van der Waals surface area contributed by atoms with Crippen molar-refractivity contribution in [2.24, 2.45) is 5.92 Å². The molecule has 0 heterocycles. The highest BCUT2D eigenvalue weighted by atomic mass is 32.2. The van der Waals surface area contributed by atoms with E-state index in [1.807, 2.05) is 24.8 Å². The molecular formula is C12H16OS. The van der Waals surface area contributed by atoms with E-state index < -0.39 is 0 Å². The van der Waals surface area contributed by atoms with Crippen molar-refractivity contribution >= 4 is 18.0 Å². The molecule has 1 nitrogen and oxygen atoms in total. The summed E-state index contributed by atoms with van der Waals surface area (Å²) in [6.07, 6.45) is 3.15. The van der Waals surface area contributed by atoms with Gasteiger partial charge in [-0.05, 0) is 30.7 Å². The lowest BCUT2D eigenvalue weighted by Gasteiger charge is -2.03. The standard InChI is InChI=1S/C12H16OS/c1-11(10-13)6-5-9-14-12-7-3-2-4-8-12/h2-4,7-8,10-11H,5-6,9H2,1H3. The fourth-order valence-electron chi connectivity index (χ4n) is 1.18. The molecule has 0 aliphatic rings. The molecule has 0 saturated heterocycles. The second kappa shape index (κ2) is 6.66. The summed E-state index contributed by atoms with van der Waals surface area (Å²) in [5, 5.41) is 0. The number of hydrogen-bond acceptors (Lipinski definition) is 2. The van der Waals surface area contributed by atoms with E-state index in [9.17, 15) is 4.79 Å². The summed E-state index contributed by atoms with van der Waals surface area (Å²) in [5.74, 6) is 1.31.